The zero-order valence-corrected chi connectivity index (χ0v) is 19.6. The number of aromatic nitrogens is 2. The Morgan fingerprint density at radius 1 is 1.17 bits per heavy atom. The van der Waals surface area contributed by atoms with Crippen molar-refractivity contribution >= 4 is 57.1 Å². The summed E-state index contributed by atoms with van der Waals surface area (Å²) >= 11 is 0. The molecule has 1 aromatic heterocycles. The molecule has 2 N–H and O–H groups in total. The van der Waals surface area contributed by atoms with Crippen molar-refractivity contribution in [2.75, 3.05) is 5.32 Å². The van der Waals surface area contributed by atoms with E-state index in [-0.39, 0.29) is 46.4 Å². The van der Waals surface area contributed by atoms with E-state index in [9.17, 15) is 18.0 Å². The summed E-state index contributed by atoms with van der Waals surface area (Å²) in [6.45, 7) is 3.75. The van der Waals surface area contributed by atoms with Crippen LogP contribution in [0.15, 0.2) is 23.4 Å². The summed E-state index contributed by atoms with van der Waals surface area (Å²) < 4.78 is 28.5. The van der Waals surface area contributed by atoms with E-state index in [1.54, 1.807) is 6.20 Å². The fourth-order valence-corrected chi connectivity index (χ4v) is 4.73. The molecule has 0 fully saturated rings. The average molecular weight is 425 g/mol. The van der Waals surface area contributed by atoms with E-state index >= 15 is 0 Å². The molecule has 1 aromatic carbocycles. The number of amides is 2. The molecule has 2 aliphatic carbocycles. The average Bonchev–Trinajstić information content (AvgIpc) is 3.34. The van der Waals surface area contributed by atoms with Gasteiger partial charge in [-0.3, -0.25) is 9.48 Å². The van der Waals surface area contributed by atoms with Gasteiger partial charge >= 0.3 is 6.03 Å². The van der Waals surface area contributed by atoms with Crippen molar-refractivity contribution in [1.82, 2.24) is 14.5 Å². The van der Waals surface area contributed by atoms with Crippen molar-refractivity contribution in [3.63, 3.8) is 0 Å². The fourth-order valence-electron chi connectivity index (χ4n) is 3.89. The van der Waals surface area contributed by atoms with E-state index in [4.69, 9.17) is 0 Å². The Hall–Kier alpha value is -1.68. The molecule has 2 aromatic rings. The van der Waals surface area contributed by atoms with Crippen molar-refractivity contribution in [3.8, 4) is 0 Å². The summed E-state index contributed by atoms with van der Waals surface area (Å²) in [6.07, 6.45) is 5.14. The molecule has 0 bridgehead atoms. The number of carbonyl (C=O) groups is 2. The molecule has 0 atom stereocenters. The molecule has 2 aliphatic rings. The van der Waals surface area contributed by atoms with Gasteiger partial charge in [-0.15, -0.1) is 0 Å². The fraction of sp³-hybridized carbons (Fsp3) is 0.421. The first-order chi connectivity index (χ1) is 13.3. The molecule has 1 radical (unpaired) electrons. The quantitative estimate of drug-likeness (QED) is 0.730. The number of fused-ring (bicyclic) bond motifs is 2. The normalized spacial score (nSPS) is 15.1. The van der Waals surface area contributed by atoms with Crippen LogP contribution in [0.2, 0.25) is 0 Å². The molecule has 8 nitrogen and oxygen atoms in total. The molecule has 2 amide bonds. The van der Waals surface area contributed by atoms with Crippen LogP contribution in [0.5, 0.6) is 0 Å². The number of nitrogens with zero attached hydrogens (tertiary/aromatic N) is 2. The van der Waals surface area contributed by atoms with Gasteiger partial charge in [-0.05, 0) is 68.4 Å². The SMILES string of the molecule is CC(C)n1ccc(S(=O)(=O)NC(=O)Nc2c3c(cc4c2CCC4=O)CCC3)n1.[Na]. The summed E-state index contributed by atoms with van der Waals surface area (Å²) in [7, 11) is -4.09. The van der Waals surface area contributed by atoms with Gasteiger partial charge in [-0.2, -0.15) is 13.5 Å². The van der Waals surface area contributed by atoms with Gasteiger partial charge in [-0.1, -0.05) is 0 Å². The molecule has 0 saturated heterocycles. The number of benzene rings is 1. The molecule has 0 unspecified atom stereocenters. The maximum Gasteiger partial charge on any atom is 0.333 e. The van der Waals surface area contributed by atoms with Gasteiger partial charge in [0.2, 0.25) is 0 Å². The molecule has 0 spiro atoms. The zero-order chi connectivity index (χ0) is 20.1. The number of carbonyl (C=O) groups excluding carboxylic acids is 2. The Balaban J connectivity index is 0.00000240. The Morgan fingerprint density at radius 2 is 1.93 bits per heavy atom. The molecular weight excluding hydrogens is 403 g/mol. The second-order valence-corrected chi connectivity index (χ2v) is 9.11. The van der Waals surface area contributed by atoms with Crippen LogP contribution in [0, 0.1) is 0 Å². The van der Waals surface area contributed by atoms with E-state index in [0.717, 1.165) is 36.0 Å². The first-order valence-corrected chi connectivity index (χ1v) is 10.8. The van der Waals surface area contributed by atoms with Crippen LogP contribution >= 0.6 is 0 Å². The zero-order valence-electron chi connectivity index (χ0n) is 16.8. The molecule has 10 heteroatoms. The number of sulfonamides is 1. The molecule has 0 saturated carbocycles. The summed E-state index contributed by atoms with van der Waals surface area (Å²) in [5.41, 5.74) is 4.11. The van der Waals surface area contributed by atoms with E-state index in [1.807, 2.05) is 24.6 Å². The number of anilines is 1. The third-order valence-electron chi connectivity index (χ3n) is 5.26. The van der Waals surface area contributed by atoms with Gasteiger partial charge in [0.05, 0.1) is 0 Å². The summed E-state index contributed by atoms with van der Waals surface area (Å²) in [5.74, 6) is 0.0694. The number of hydrogen-bond acceptors (Lipinski definition) is 5. The molecule has 4 rings (SSSR count). The van der Waals surface area contributed by atoms with Crippen LogP contribution in [-0.4, -0.2) is 59.6 Å². The van der Waals surface area contributed by atoms with Crippen molar-refractivity contribution in [1.29, 1.82) is 0 Å². The van der Waals surface area contributed by atoms with Gasteiger partial charge in [0, 0.05) is 59.5 Å². The van der Waals surface area contributed by atoms with Crippen LogP contribution in [0.3, 0.4) is 0 Å². The predicted octanol–water partition coefficient (Wildman–Crippen LogP) is 2.21. The third-order valence-corrected chi connectivity index (χ3v) is 6.49. The number of urea groups is 1. The number of rotatable bonds is 4. The van der Waals surface area contributed by atoms with Gasteiger partial charge in [0.25, 0.3) is 10.0 Å². The van der Waals surface area contributed by atoms with E-state index < -0.39 is 16.1 Å². The largest absolute Gasteiger partial charge is 0.333 e. The topological polar surface area (TPSA) is 110 Å². The van der Waals surface area contributed by atoms with Crippen molar-refractivity contribution in [2.24, 2.45) is 0 Å². The standard InChI is InChI=1S/C19H22N4O4S.Na/c1-11(2)23-9-8-17(21-23)28(26,27)22-19(25)20-18-13-5-3-4-12(13)10-15-14(18)6-7-16(15)24;/h8-11H,3-7H2,1-2H3,(H2,20,22,25);. The van der Waals surface area contributed by atoms with E-state index in [2.05, 4.69) is 10.4 Å². The van der Waals surface area contributed by atoms with Crippen molar-refractivity contribution in [2.45, 2.75) is 57.0 Å². The van der Waals surface area contributed by atoms with Gasteiger partial charge in [0.15, 0.2) is 10.8 Å². The van der Waals surface area contributed by atoms with E-state index in [1.165, 1.54) is 10.7 Å². The number of aryl methyl sites for hydroxylation is 1. The minimum Gasteiger partial charge on any atom is -0.307 e. The minimum absolute atomic E-state index is 0. The minimum atomic E-state index is -4.09. The molecule has 1 heterocycles. The maximum absolute atomic E-state index is 12.5. The molecule has 149 valence electrons. The smallest absolute Gasteiger partial charge is 0.307 e. The van der Waals surface area contributed by atoms with Crippen LogP contribution in [0.1, 0.15) is 59.8 Å². The number of hydrogen-bond donors (Lipinski definition) is 2. The van der Waals surface area contributed by atoms with Crippen molar-refractivity contribution in [3.05, 3.63) is 40.6 Å². The van der Waals surface area contributed by atoms with Gasteiger partial charge in [0.1, 0.15) is 0 Å². The van der Waals surface area contributed by atoms with Crippen LogP contribution < -0.4 is 10.0 Å². The maximum atomic E-state index is 12.5. The summed E-state index contributed by atoms with van der Waals surface area (Å²) in [6, 6.07) is 2.45. The number of Topliss-reactive ketones (excluding diaryl/α,β-unsaturated/α-hetero) is 1. The Bertz CT molecular complexity index is 1090. The second kappa shape index (κ2) is 8.22. The molecular formula is C19H22N4NaO4S. The Labute approximate surface area is 191 Å². The van der Waals surface area contributed by atoms with E-state index in [0.29, 0.717) is 24.1 Å². The third kappa shape index (κ3) is 4.14. The number of ketones is 1. The summed E-state index contributed by atoms with van der Waals surface area (Å²) in [4.78, 5) is 24.6. The second-order valence-electron chi connectivity index (χ2n) is 7.48. The first-order valence-electron chi connectivity index (χ1n) is 9.36. The molecule has 29 heavy (non-hydrogen) atoms. The van der Waals surface area contributed by atoms with Gasteiger partial charge < -0.3 is 5.32 Å². The Kier molecular flexibility index (Phi) is 6.24. The van der Waals surface area contributed by atoms with Gasteiger partial charge in [-0.25, -0.2) is 9.52 Å². The van der Waals surface area contributed by atoms with Crippen LogP contribution in [0.25, 0.3) is 0 Å². The number of nitrogens with one attached hydrogen (secondary N) is 2. The summed E-state index contributed by atoms with van der Waals surface area (Å²) in [5, 5.41) is 6.50. The first kappa shape index (κ1) is 22.0. The van der Waals surface area contributed by atoms with Crippen LogP contribution in [0.4, 0.5) is 10.5 Å². The van der Waals surface area contributed by atoms with Crippen molar-refractivity contribution < 1.29 is 18.0 Å². The predicted molar refractivity (Wildman–Crippen MR) is 109 cm³/mol. The molecule has 0 aliphatic heterocycles. The monoisotopic (exact) mass is 425 g/mol. The Morgan fingerprint density at radius 3 is 2.62 bits per heavy atom. The van der Waals surface area contributed by atoms with Crippen LogP contribution in [-0.2, 0) is 29.3 Å².